The van der Waals surface area contributed by atoms with Crippen LogP contribution in [-0.2, 0) is 26.8 Å². The van der Waals surface area contributed by atoms with E-state index >= 15 is 0 Å². The van der Waals surface area contributed by atoms with E-state index in [0.29, 0.717) is 6.61 Å². The summed E-state index contributed by atoms with van der Waals surface area (Å²) < 4.78 is 17.6. The molecular weight excluding hydrogens is 287 g/mol. The van der Waals surface area contributed by atoms with E-state index in [1.165, 1.54) is 0 Å². The van der Waals surface area contributed by atoms with Gasteiger partial charge in [-0.3, -0.25) is 0 Å². The van der Waals surface area contributed by atoms with E-state index in [9.17, 15) is 5.11 Å². The van der Waals surface area contributed by atoms with E-state index in [4.69, 9.17) is 13.6 Å². The highest BCUT2D eigenvalue weighted by Crippen LogP contribution is 2.47. The van der Waals surface area contributed by atoms with Crippen LogP contribution < -0.4 is 0 Å². The second-order valence-corrected chi connectivity index (χ2v) is 7.90. The molecular formula is C16H27O4P. The minimum atomic E-state index is -1.46. The molecule has 0 aliphatic carbocycles. The van der Waals surface area contributed by atoms with E-state index in [1.807, 2.05) is 65.8 Å². The van der Waals surface area contributed by atoms with Crippen LogP contribution >= 0.6 is 8.60 Å². The van der Waals surface area contributed by atoms with E-state index in [-0.39, 0.29) is 17.8 Å². The molecule has 0 aromatic heterocycles. The van der Waals surface area contributed by atoms with E-state index < -0.39 is 8.60 Å². The van der Waals surface area contributed by atoms with Crippen LogP contribution in [0, 0.1) is 0 Å². The molecule has 5 heteroatoms. The summed E-state index contributed by atoms with van der Waals surface area (Å²) in [6, 6.07) is 7.65. The van der Waals surface area contributed by atoms with Gasteiger partial charge in [0.15, 0.2) is 0 Å². The van der Waals surface area contributed by atoms with Crippen LogP contribution in [0.4, 0.5) is 0 Å². The molecule has 0 saturated carbocycles. The third-order valence-corrected chi connectivity index (χ3v) is 4.04. The first kappa shape index (κ1) is 18.5. The van der Waals surface area contributed by atoms with Crippen molar-refractivity contribution in [1.82, 2.24) is 0 Å². The third-order valence-electron chi connectivity index (χ3n) is 2.31. The molecule has 120 valence electrons. The molecule has 0 fully saturated rings. The van der Waals surface area contributed by atoms with E-state index in [0.717, 1.165) is 11.1 Å². The number of aliphatic hydroxyl groups is 1. The molecule has 21 heavy (non-hydrogen) atoms. The van der Waals surface area contributed by atoms with Crippen molar-refractivity contribution in [2.24, 2.45) is 0 Å². The molecule has 1 rings (SSSR count). The molecule has 0 radical (unpaired) electrons. The van der Waals surface area contributed by atoms with Crippen LogP contribution in [0.2, 0.25) is 0 Å². The summed E-state index contributed by atoms with van der Waals surface area (Å²) in [5.74, 6) is 0. The Kier molecular flexibility index (Phi) is 6.76. The minimum absolute atomic E-state index is 0.00227. The Labute approximate surface area is 129 Å². The Bertz CT molecular complexity index is 419. The molecule has 1 aromatic carbocycles. The molecule has 0 atom stereocenters. The second kappa shape index (κ2) is 7.66. The lowest BCUT2D eigenvalue weighted by Gasteiger charge is -2.30. The SMILES string of the molecule is CC(C)(C)OP(OCc1ccccc1CO)OC(C)(C)C. The van der Waals surface area contributed by atoms with Gasteiger partial charge in [0.1, 0.15) is 0 Å². The third kappa shape index (κ3) is 7.89. The zero-order chi connectivity index (χ0) is 16.1. The fourth-order valence-corrected chi connectivity index (χ4v) is 2.77. The normalized spacial score (nSPS) is 13.0. The molecule has 0 heterocycles. The molecule has 0 aliphatic heterocycles. The predicted molar refractivity (Wildman–Crippen MR) is 85.7 cm³/mol. The Morgan fingerprint density at radius 2 is 1.38 bits per heavy atom. The van der Waals surface area contributed by atoms with Crippen molar-refractivity contribution in [2.75, 3.05) is 0 Å². The number of hydrogen-bond donors (Lipinski definition) is 1. The number of aliphatic hydroxyl groups excluding tert-OH is 1. The highest BCUT2D eigenvalue weighted by molar-refractivity contribution is 7.41. The lowest BCUT2D eigenvalue weighted by atomic mass is 10.1. The molecule has 0 bridgehead atoms. The van der Waals surface area contributed by atoms with Crippen molar-refractivity contribution in [2.45, 2.75) is 66.0 Å². The van der Waals surface area contributed by atoms with E-state index in [2.05, 4.69) is 0 Å². The summed E-state index contributed by atoms with van der Waals surface area (Å²) >= 11 is 0. The molecule has 0 spiro atoms. The van der Waals surface area contributed by atoms with Crippen molar-refractivity contribution in [3.05, 3.63) is 35.4 Å². The Morgan fingerprint density at radius 1 is 0.905 bits per heavy atom. The lowest BCUT2D eigenvalue weighted by molar-refractivity contribution is 0.0305. The number of rotatable bonds is 6. The smallest absolute Gasteiger partial charge is 0.334 e. The van der Waals surface area contributed by atoms with Gasteiger partial charge >= 0.3 is 8.60 Å². The second-order valence-electron chi connectivity index (χ2n) is 6.83. The Hall–Kier alpha value is -0.510. The maximum atomic E-state index is 9.34. The maximum Gasteiger partial charge on any atom is 0.334 e. The fraction of sp³-hybridized carbons (Fsp3) is 0.625. The molecule has 1 aromatic rings. The molecule has 0 unspecified atom stereocenters. The molecule has 1 N–H and O–H groups in total. The van der Waals surface area contributed by atoms with E-state index in [1.54, 1.807) is 0 Å². The lowest BCUT2D eigenvalue weighted by Crippen LogP contribution is -2.22. The van der Waals surface area contributed by atoms with Gasteiger partial charge in [0.25, 0.3) is 0 Å². The van der Waals surface area contributed by atoms with Crippen molar-refractivity contribution in [3.8, 4) is 0 Å². The first-order valence-corrected chi connectivity index (χ1v) is 8.19. The quantitative estimate of drug-likeness (QED) is 0.782. The summed E-state index contributed by atoms with van der Waals surface area (Å²) in [6.07, 6.45) is 0. The van der Waals surface area contributed by atoms with Gasteiger partial charge in [-0.25, -0.2) is 0 Å². The topological polar surface area (TPSA) is 47.9 Å². The number of hydrogen-bond acceptors (Lipinski definition) is 4. The summed E-state index contributed by atoms with van der Waals surface area (Å²) in [4.78, 5) is 0. The average Bonchev–Trinajstić information content (AvgIpc) is 2.32. The van der Waals surface area contributed by atoms with Crippen molar-refractivity contribution < 1.29 is 18.7 Å². The minimum Gasteiger partial charge on any atom is -0.392 e. The van der Waals surface area contributed by atoms with Gasteiger partial charge in [0.05, 0.1) is 24.4 Å². The Balaban J connectivity index is 2.72. The average molecular weight is 314 g/mol. The molecule has 0 aliphatic rings. The van der Waals surface area contributed by atoms with Gasteiger partial charge in [-0.05, 0) is 52.7 Å². The van der Waals surface area contributed by atoms with Gasteiger partial charge in [-0.2, -0.15) is 0 Å². The summed E-state index contributed by atoms with van der Waals surface area (Å²) in [5, 5.41) is 9.34. The first-order chi connectivity index (χ1) is 9.61. The summed E-state index contributed by atoms with van der Waals surface area (Å²) in [5.41, 5.74) is 1.13. The predicted octanol–water partition coefficient (Wildman–Crippen LogP) is 4.55. The largest absolute Gasteiger partial charge is 0.392 e. The fourth-order valence-electron chi connectivity index (χ4n) is 1.49. The first-order valence-electron chi connectivity index (χ1n) is 7.10. The van der Waals surface area contributed by atoms with Crippen LogP contribution in [0.1, 0.15) is 52.7 Å². The molecule has 4 nitrogen and oxygen atoms in total. The van der Waals surface area contributed by atoms with Crippen molar-refractivity contribution in [1.29, 1.82) is 0 Å². The summed E-state index contributed by atoms with van der Waals surface area (Å²) in [7, 11) is -1.46. The van der Waals surface area contributed by atoms with Crippen LogP contribution in [0.15, 0.2) is 24.3 Å². The molecule has 0 amide bonds. The van der Waals surface area contributed by atoms with Crippen LogP contribution in [0.5, 0.6) is 0 Å². The van der Waals surface area contributed by atoms with Gasteiger partial charge < -0.3 is 18.7 Å². The van der Waals surface area contributed by atoms with Gasteiger partial charge in [0.2, 0.25) is 0 Å². The van der Waals surface area contributed by atoms with Crippen LogP contribution in [0.3, 0.4) is 0 Å². The van der Waals surface area contributed by atoms with Gasteiger partial charge in [-0.15, -0.1) is 0 Å². The monoisotopic (exact) mass is 314 g/mol. The van der Waals surface area contributed by atoms with Crippen LogP contribution in [-0.4, -0.2) is 16.3 Å². The van der Waals surface area contributed by atoms with Gasteiger partial charge in [0, 0.05) is 0 Å². The maximum absolute atomic E-state index is 9.34. The zero-order valence-electron chi connectivity index (χ0n) is 13.8. The van der Waals surface area contributed by atoms with Crippen molar-refractivity contribution >= 4 is 8.60 Å². The summed E-state index contributed by atoms with van der Waals surface area (Å²) in [6.45, 7) is 12.2. The zero-order valence-corrected chi connectivity index (χ0v) is 14.7. The van der Waals surface area contributed by atoms with Gasteiger partial charge in [-0.1, -0.05) is 24.3 Å². The highest BCUT2D eigenvalue weighted by Gasteiger charge is 2.27. The Morgan fingerprint density at radius 3 is 1.81 bits per heavy atom. The molecule has 0 saturated heterocycles. The highest BCUT2D eigenvalue weighted by atomic mass is 31.2. The number of benzene rings is 1. The standard InChI is InChI=1S/C16H27O4P/c1-15(2,3)19-21(20-16(4,5)6)18-12-14-10-8-7-9-13(14)11-17/h7-10,17H,11-12H2,1-6H3. The van der Waals surface area contributed by atoms with Crippen LogP contribution in [0.25, 0.3) is 0 Å². The van der Waals surface area contributed by atoms with Crippen molar-refractivity contribution in [3.63, 3.8) is 0 Å².